The molecule has 0 aliphatic rings. The van der Waals surface area contributed by atoms with Gasteiger partial charge in [-0.1, -0.05) is 10.2 Å². The van der Waals surface area contributed by atoms with Crippen molar-refractivity contribution < 1.29 is 4.42 Å². The number of tetrazole rings is 1. The van der Waals surface area contributed by atoms with Gasteiger partial charge in [-0.2, -0.15) is 0 Å². The molecule has 0 saturated carbocycles. The van der Waals surface area contributed by atoms with Crippen molar-refractivity contribution in [3.63, 3.8) is 0 Å². The molecule has 0 aromatic carbocycles. The summed E-state index contributed by atoms with van der Waals surface area (Å²) in [6.45, 7) is 0.394. The van der Waals surface area contributed by atoms with Crippen LogP contribution in [-0.2, 0) is 13.6 Å². The third-order valence-corrected chi connectivity index (χ3v) is 1.55. The Morgan fingerprint density at radius 1 is 1.43 bits per heavy atom. The standard InChI is InChI=1S/C5H8N8O/c1-13-3(8-11-12-13)2-7-5-10-9-4(6)14-5/h2H2,1H3,(H2,6,9)(H,7,10). The highest BCUT2D eigenvalue weighted by atomic mass is 16.4. The van der Waals surface area contributed by atoms with E-state index < -0.39 is 0 Å². The van der Waals surface area contributed by atoms with Crippen molar-refractivity contribution in [3.05, 3.63) is 5.82 Å². The second-order valence-electron chi connectivity index (χ2n) is 2.52. The maximum absolute atomic E-state index is 5.23. The van der Waals surface area contributed by atoms with Gasteiger partial charge < -0.3 is 15.5 Å². The van der Waals surface area contributed by atoms with Crippen LogP contribution in [0.15, 0.2) is 4.42 Å². The number of nitrogen functional groups attached to an aromatic ring is 1. The third-order valence-electron chi connectivity index (χ3n) is 1.55. The summed E-state index contributed by atoms with van der Waals surface area (Å²) in [6.07, 6.45) is 0. The number of nitrogens with two attached hydrogens (primary N) is 1. The molecule has 0 radical (unpaired) electrons. The van der Waals surface area contributed by atoms with Crippen LogP contribution < -0.4 is 11.1 Å². The number of rotatable bonds is 3. The Hall–Kier alpha value is -2.19. The normalized spacial score (nSPS) is 10.4. The van der Waals surface area contributed by atoms with Crippen LogP contribution in [0, 0.1) is 0 Å². The molecule has 2 rings (SSSR count). The second kappa shape index (κ2) is 3.28. The summed E-state index contributed by atoms with van der Waals surface area (Å²) in [7, 11) is 1.74. The molecule has 2 aromatic heterocycles. The smallest absolute Gasteiger partial charge is 0.317 e. The fraction of sp³-hybridized carbons (Fsp3) is 0.400. The Bertz CT molecular complexity index is 419. The number of hydrogen-bond acceptors (Lipinski definition) is 8. The zero-order valence-corrected chi connectivity index (χ0v) is 7.38. The van der Waals surface area contributed by atoms with Gasteiger partial charge in [-0.25, -0.2) is 4.68 Å². The topological polar surface area (TPSA) is 121 Å². The van der Waals surface area contributed by atoms with E-state index in [4.69, 9.17) is 10.2 Å². The van der Waals surface area contributed by atoms with Crippen LogP contribution in [0.5, 0.6) is 0 Å². The monoisotopic (exact) mass is 196 g/mol. The number of aromatic nitrogens is 6. The van der Waals surface area contributed by atoms with E-state index in [-0.39, 0.29) is 12.0 Å². The van der Waals surface area contributed by atoms with Crippen molar-refractivity contribution in [2.45, 2.75) is 6.54 Å². The second-order valence-corrected chi connectivity index (χ2v) is 2.52. The van der Waals surface area contributed by atoms with Gasteiger partial charge in [0.25, 0.3) is 0 Å². The van der Waals surface area contributed by atoms with Gasteiger partial charge in [-0.15, -0.1) is 5.10 Å². The van der Waals surface area contributed by atoms with Gasteiger partial charge in [0.15, 0.2) is 5.82 Å². The minimum atomic E-state index is 0.0172. The predicted octanol–water partition coefficient (Wildman–Crippen LogP) is -1.21. The Morgan fingerprint density at radius 3 is 2.86 bits per heavy atom. The fourth-order valence-corrected chi connectivity index (χ4v) is 0.858. The van der Waals surface area contributed by atoms with Gasteiger partial charge in [-0.3, -0.25) is 0 Å². The van der Waals surface area contributed by atoms with E-state index in [9.17, 15) is 0 Å². The number of anilines is 2. The Balaban J connectivity index is 1.98. The van der Waals surface area contributed by atoms with Gasteiger partial charge in [0.1, 0.15) is 0 Å². The summed E-state index contributed by atoms with van der Waals surface area (Å²) in [4.78, 5) is 0. The van der Waals surface area contributed by atoms with E-state index in [1.165, 1.54) is 4.68 Å². The molecule has 2 heterocycles. The number of hydrogen-bond donors (Lipinski definition) is 2. The van der Waals surface area contributed by atoms with Crippen LogP contribution in [-0.4, -0.2) is 30.4 Å². The molecular formula is C5H8N8O. The summed E-state index contributed by atoms with van der Waals surface area (Å²) in [5.74, 6) is 0.654. The van der Waals surface area contributed by atoms with Gasteiger partial charge in [-0.05, 0) is 10.4 Å². The van der Waals surface area contributed by atoms with Crippen molar-refractivity contribution in [2.24, 2.45) is 7.05 Å². The quantitative estimate of drug-likeness (QED) is 0.627. The van der Waals surface area contributed by atoms with Crippen LogP contribution in [0.3, 0.4) is 0 Å². The largest absolute Gasteiger partial charge is 0.390 e. The van der Waals surface area contributed by atoms with E-state index in [1.807, 2.05) is 0 Å². The molecular weight excluding hydrogens is 188 g/mol. The average Bonchev–Trinajstić information content (AvgIpc) is 2.72. The summed E-state index contributed by atoms with van der Waals surface area (Å²) >= 11 is 0. The van der Waals surface area contributed by atoms with Gasteiger partial charge in [0, 0.05) is 7.05 Å². The van der Waals surface area contributed by atoms with Crippen molar-refractivity contribution >= 4 is 12.0 Å². The zero-order valence-electron chi connectivity index (χ0n) is 7.38. The Kier molecular flexibility index (Phi) is 1.97. The van der Waals surface area contributed by atoms with Gasteiger partial charge >= 0.3 is 12.0 Å². The first kappa shape index (κ1) is 8.41. The molecule has 9 heteroatoms. The lowest BCUT2D eigenvalue weighted by Crippen LogP contribution is -2.06. The molecule has 0 spiro atoms. The molecule has 9 nitrogen and oxygen atoms in total. The Morgan fingerprint density at radius 2 is 2.29 bits per heavy atom. The summed E-state index contributed by atoms with van der Waals surface area (Å²) in [5.41, 5.74) is 5.23. The molecule has 0 aliphatic heterocycles. The van der Waals surface area contributed by atoms with E-state index in [0.717, 1.165) is 0 Å². The van der Waals surface area contributed by atoms with Crippen LogP contribution in [0.1, 0.15) is 5.82 Å². The molecule has 0 atom stereocenters. The van der Waals surface area contributed by atoms with Crippen molar-refractivity contribution in [3.8, 4) is 0 Å². The SMILES string of the molecule is Cn1nnnc1CNc1nnc(N)o1. The molecule has 0 amide bonds. The molecule has 0 saturated heterocycles. The minimum absolute atomic E-state index is 0.0172. The lowest BCUT2D eigenvalue weighted by molar-refractivity contribution is 0.582. The molecule has 14 heavy (non-hydrogen) atoms. The fourth-order valence-electron chi connectivity index (χ4n) is 0.858. The third kappa shape index (κ3) is 1.60. The van der Waals surface area contributed by atoms with Crippen LogP contribution in [0.4, 0.5) is 12.0 Å². The minimum Gasteiger partial charge on any atom is -0.390 e. The molecule has 74 valence electrons. The zero-order chi connectivity index (χ0) is 9.97. The first-order chi connectivity index (χ1) is 6.75. The first-order valence-corrected chi connectivity index (χ1v) is 3.80. The van der Waals surface area contributed by atoms with Crippen LogP contribution in [0.2, 0.25) is 0 Å². The average molecular weight is 196 g/mol. The van der Waals surface area contributed by atoms with Crippen LogP contribution in [0.25, 0.3) is 0 Å². The highest BCUT2D eigenvalue weighted by molar-refractivity contribution is 5.22. The molecule has 0 fully saturated rings. The summed E-state index contributed by atoms with van der Waals surface area (Å²) in [6, 6.07) is 0.258. The number of nitrogens with zero attached hydrogens (tertiary/aromatic N) is 6. The molecule has 2 aromatic rings. The van der Waals surface area contributed by atoms with Gasteiger partial charge in [0.05, 0.1) is 6.54 Å². The summed E-state index contributed by atoms with van der Waals surface area (Å²) < 4.78 is 6.42. The van der Waals surface area contributed by atoms with Gasteiger partial charge in [0.2, 0.25) is 0 Å². The maximum Gasteiger partial charge on any atom is 0.317 e. The maximum atomic E-state index is 5.23. The Labute approximate surface area is 78.3 Å². The highest BCUT2D eigenvalue weighted by Gasteiger charge is 2.05. The van der Waals surface area contributed by atoms with E-state index >= 15 is 0 Å². The van der Waals surface area contributed by atoms with Crippen molar-refractivity contribution in [1.29, 1.82) is 0 Å². The van der Waals surface area contributed by atoms with E-state index in [1.54, 1.807) is 7.05 Å². The number of aryl methyl sites for hydroxylation is 1. The first-order valence-electron chi connectivity index (χ1n) is 3.80. The molecule has 3 N–H and O–H groups in total. The van der Waals surface area contributed by atoms with Crippen molar-refractivity contribution in [2.75, 3.05) is 11.1 Å². The lowest BCUT2D eigenvalue weighted by atomic mass is 10.6. The molecule has 0 aliphatic carbocycles. The highest BCUT2D eigenvalue weighted by Crippen LogP contribution is 2.06. The predicted molar refractivity (Wildman–Crippen MR) is 44.8 cm³/mol. The molecule has 0 bridgehead atoms. The van der Waals surface area contributed by atoms with Crippen molar-refractivity contribution in [1.82, 2.24) is 30.4 Å². The summed E-state index contributed by atoms with van der Waals surface area (Å²) in [5, 5.41) is 20.8. The van der Waals surface area contributed by atoms with E-state index in [2.05, 4.69) is 31.0 Å². The van der Waals surface area contributed by atoms with E-state index in [0.29, 0.717) is 12.4 Å². The lowest BCUT2D eigenvalue weighted by Gasteiger charge is -1.97. The molecule has 0 unspecified atom stereocenters. The number of nitrogens with one attached hydrogen (secondary N) is 1. The van der Waals surface area contributed by atoms with Crippen LogP contribution >= 0.6 is 0 Å².